The Hall–Kier alpha value is -2.85. The summed E-state index contributed by atoms with van der Waals surface area (Å²) in [6, 6.07) is 14.1. The number of nitrogens with zero attached hydrogens (tertiary/aromatic N) is 1. The minimum Gasteiger partial charge on any atom is -0.493 e. The Morgan fingerprint density at radius 1 is 0.944 bits per heavy atom. The summed E-state index contributed by atoms with van der Waals surface area (Å²) in [6.07, 6.45) is 1.37. The van der Waals surface area contributed by atoms with Crippen LogP contribution in [0.5, 0.6) is 11.5 Å². The van der Waals surface area contributed by atoms with Crippen molar-refractivity contribution in [2.75, 3.05) is 12.0 Å². The first kappa shape index (κ1) is 26.2. The van der Waals surface area contributed by atoms with Crippen molar-refractivity contribution in [3.63, 3.8) is 0 Å². The lowest BCUT2D eigenvalue weighted by Crippen LogP contribution is -2.54. The van der Waals surface area contributed by atoms with Crippen LogP contribution in [-0.2, 0) is 16.2 Å². The van der Waals surface area contributed by atoms with Crippen LogP contribution >= 0.6 is 55.1 Å². The average molecular weight is 655 g/mol. The maximum Gasteiger partial charge on any atom is 0.335 e. The Kier molecular flexibility index (Phi) is 8.04. The summed E-state index contributed by atoms with van der Waals surface area (Å²) in [7, 11) is 1.48. The number of barbiturate groups is 1. The molecule has 1 aliphatic rings. The van der Waals surface area contributed by atoms with Crippen LogP contribution in [0.15, 0.2) is 69.1 Å². The number of nitrogens with one attached hydrogen (secondary N) is 1. The molecule has 0 bridgehead atoms. The molecule has 1 heterocycles. The minimum absolute atomic E-state index is 0.160. The van der Waals surface area contributed by atoms with Crippen LogP contribution in [0.3, 0.4) is 0 Å². The lowest BCUT2D eigenvalue weighted by Gasteiger charge is -2.26. The number of amides is 4. The van der Waals surface area contributed by atoms with Crippen molar-refractivity contribution in [2.45, 2.75) is 6.61 Å². The number of urea groups is 1. The highest BCUT2D eigenvalue weighted by atomic mass is 79.9. The smallest absolute Gasteiger partial charge is 0.335 e. The Labute approximate surface area is 233 Å². The summed E-state index contributed by atoms with van der Waals surface area (Å²) in [5.41, 5.74) is 1.36. The second-order valence-electron chi connectivity index (χ2n) is 7.49. The van der Waals surface area contributed by atoms with E-state index >= 15 is 0 Å². The highest BCUT2D eigenvalue weighted by Gasteiger charge is 2.37. The molecule has 184 valence electrons. The van der Waals surface area contributed by atoms with Crippen LogP contribution in [-0.4, -0.2) is 25.0 Å². The zero-order valence-corrected chi connectivity index (χ0v) is 23.2. The van der Waals surface area contributed by atoms with Crippen LogP contribution in [0, 0.1) is 0 Å². The van der Waals surface area contributed by atoms with Gasteiger partial charge in [0.2, 0.25) is 0 Å². The molecule has 3 aromatic rings. The summed E-state index contributed by atoms with van der Waals surface area (Å²) in [5.74, 6) is -0.748. The number of carbonyl (C=O) groups is 3. The molecule has 4 rings (SSSR count). The quantitative estimate of drug-likeness (QED) is 0.234. The first-order valence-corrected chi connectivity index (χ1v) is 12.6. The van der Waals surface area contributed by atoms with Crippen molar-refractivity contribution in [1.82, 2.24) is 5.32 Å². The van der Waals surface area contributed by atoms with E-state index in [0.29, 0.717) is 17.1 Å². The number of carbonyl (C=O) groups excluding carboxylic acids is 3. The third-order valence-electron chi connectivity index (χ3n) is 5.16. The van der Waals surface area contributed by atoms with E-state index in [1.165, 1.54) is 31.4 Å². The molecule has 0 unspecified atom stereocenters. The maximum atomic E-state index is 13.1. The highest BCUT2D eigenvalue weighted by Crippen LogP contribution is 2.32. The van der Waals surface area contributed by atoms with Crippen molar-refractivity contribution in [2.24, 2.45) is 0 Å². The molecule has 0 aromatic heterocycles. The van der Waals surface area contributed by atoms with Gasteiger partial charge in [0.25, 0.3) is 11.8 Å². The fraction of sp³-hybridized carbons (Fsp3) is 0.0800. The van der Waals surface area contributed by atoms with Crippen molar-refractivity contribution >= 4 is 84.7 Å². The number of halogens is 4. The van der Waals surface area contributed by atoms with Crippen molar-refractivity contribution in [1.29, 1.82) is 0 Å². The molecule has 1 N–H and O–H groups in total. The van der Waals surface area contributed by atoms with Gasteiger partial charge in [0.05, 0.1) is 22.8 Å². The standard InChI is InChI=1S/C25H16Br2Cl2N2O5/c1-35-22-9-13(2-7-21(22)36-12-14-3-4-15(26)10-18(14)27)8-17-23(32)30-25(34)31(24(17)33)16-5-6-19(28)20(29)11-16/h2-11H,12H2,1H3,(H,30,32,34)/b17-8+. The van der Waals surface area contributed by atoms with Crippen LogP contribution in [0.4, 0.5) is 10.5 Å². The molecule has 1 saturated heterocycles. The zero-order valence-electron chi connectivity index (χ0n) is 18.5. The summed E-state index contributed by atoms with van der Waals surface area (Å²) in [5, 5.41) is 2.59. The number of hydrogen-bond acceptors (Lipinski definition) is 5. The normalized spacial score (nSPS) is 14.8. The van der Waals surface area contributed by atoms with Crippen molar-refractivity contribution in [3.05, 3.63) is 90.3 Å². The van der Waals surface area contributed by atoms with Crippen LogP contribution in [0.2, 0.25) is 10.0 Å². The monoisotopic (exact) mass is 652 g/mol. The van der Waals surface area contributed by atoms with E-state index in [9.17, 15) is 14.4 Å². The minimum atomic E-state index is -0.888. The molecule has 11 heteroatoms. The van der Waals surface area contributed by atoms with E-state index in [2.05, 4.69) is 37.2 Å². The SMILES string of the molecule is COc1cc(/C=C2\C(=O)NC(=O)N(c3ccc(Cl)c(Cl)c3)C2=O)ccc1OCc1ccc(Br)cc1Br. The molecule has 0 radical (unpaired) electrons. The molecule has 0 aliphatic carbocycles. The number of hydrogen-bond donors (Lipinski definition) is 1. The van der Waals surface area contributed by atoms with Gasteiger partial charge in [-0.2, -0.15) is 0 Å². The number of ether oxygens (including phenoxy) is 2. The fourth-order valence-corrected chi connectivity index (χ4v) is 4.82. The number of imide groups is 2. The van der Waals surface area contributed by atoms with E-state index in [1.807, 2.05) is 18.2 Å². The lowest BCUT2D eigenvalue weighted by atomic mass is 10.1. The molecule has 0 atom stereocenters. The molecule has 1 aliphatic heterocycles. The van der Waals surface area contributed by atoms with Gasteiger partial charge >= 0.3 is 6.03 Å². The maximum absolute atomic E-state index is 13.1. The largest absolute Gasteiger partial charge is 0.493 e. The van der Waals surface area contributed by atoms with Crippen LogP contribution in [0.25, 0.3) is 6.08 Å². The second kappa shape index (κ2) is 11.0. The van der Waals surface area contributed by atoms with Crippen LogP contribution < -0.4 is 19.7 Å². The van der Waals surface area contributed by atoms with Crippen molar-refractivity contribution in [3.8, 4) is 11.5 Å². The summed E-state index contributed by atoms with van der Waals surface area (Å²) in [6.45, 7) is 0.284. The van der Waals surface area contributed by atoms with Gasteiger partial charge in [-0.1, -0.05) is 67.2 Å². The Morgan fingerprint density at radius 2 is 1.72 bits per heavy atom. The van der Waals surface area contributed by atoms with E-state index in [-0.39, 0.29) is 27.9 Å². The Balaban J connectivity index is 1.60. The molecule has 36 heavy (non-hydrogen) atoms. The third kappa shape index (κ3) is 5.59. The van der Waals surface area contributed by atoms with Crippen molar-refractivity contribution < 1.29 is 23.9 Å². The van der Waals surface area contributed by atoms with Gasteiger partial charge < -0.3 is 9.47 Å². The van der Waals surface area contributed by atoms with E-state index in [0.717, 1.165) is 19.4 Å². The molecule has 1 fully saturated rings. The predicted octanol–water partition coefficient (Wildman–Crippen LogP) is 6.77. The van der Waals surface area contributed by atoms with Crippen LogP contribution in [0.1, 0.15) is 11.1 Å². The zero-order chi connectivity index (χ0) is 26.0. The van der Waals surface area contributed by atoms with Gasteiger partial charge in [0.15, 0.2) is 11.5 Å². The van der Waals surface area contributed by atoms with Gasteiger partial charge in [-0.15, -0.1) is 0 Å². The molecular weight excluding hydrogens is 639 g/mol. The molecule has 0 saturated carbocycles. The molecule has 3 aromatic carbocycles. The number of rotatable bonds is 6. The van der Waals surface area contributed by atoms with E-state index < -0.39 is 17.8 Å². The molecule has 0 spiro atoms. The number of anilines is 1. The van der Waals surface area contributed by atoms with E-state index in [1.54, 1.807) is 18.2 Å². The topological polar surface area (TPSA) is 84.9 Å². The predicted molar refractivity (Wildman–Crippen MR) is 145 cm³/mol. The summed E-state index contributed by atoms with van der Waals surface area (Å²) >= 11 is 18.9. The average Bonchev–Trinajstić information content (AvgIpc) is 2.83. The molecule has 7 nitrogen and oxygen atoms in total. The third-order valence-corrected chi connectivity index (χ3v) is 7.13. The fourth-order valence-electron chi connectivity index (χ4n) is 3.37. The Bertz CT molecular complexity index is 1430. The first-order valence-electron chi connectivity index (χ1n) is 10.3. The van der Waals surface area contributed by atoms with Gasteiger partial charge in [-0.25, -0.2) is 9.69 Å². The molecular formula is C25H16Br2Cl2N2O5. The van der Waals surface area contributed by atoms with Gasteiger partial charge in [-0.3, -0.25) is 14.9 Å². The molecule has 4 amide bonds. The van der Waals surface area contributed by atoms with Gasteiger partial charge in [-0.05, 0) is 54.1 Å². The van der Waals surface area contributed by atoms with Gasteiger partial charge in [0.1, 0.15) is 12.2 Å². The first-order chi connectivity index (χ1) is 17.2. The summed E-state index contributed by atoms with van der Waals surface area (Å²) in [4.78, 5) is 38.8. The van der Waals surface area contributed by atoms with E-state index in [4.69, 9.17) is 32.7 Å². The number of methoxy groups -OCH3 is 1. The lowest BCUT2D eigenvalue weighted by molar-refractivity contribution is -0.122. The van der Waals surface area contributed by atoms with Gasteiger partial charge in [0, 0.05) is 14.5 Å². The highest BCUT2D eigenvalue weighted by molar-refractivity contribution is 9.11. The summed E-state index contributed by atoms with van der Waals surface area (Å²) < 4.78 is 13.2. The Morgan fingerprint density at radius 3 is 2.42 bits per heavy atom. The number of benzene rings is 3. The second-order valence-corrected chi connectivity index (χ2v) is 10.1.